The van der Waals surface area contributed by atoms with E-state index in [2.05, 4.69) is 10.4 Å². The molecule has 0 atom stereocenters. The van der Waals surface area contributed by atoms with E-state index in [0.29, 0.717) is 11.1 Å². The van der Waals surface area contributed by atoms with Gasteiger partial charge in [0.15, 0.2) is 0 Å². The molecule has 0 bridgehead atoms. The van der Waals surface area contributed by atoms with Crippen LogP contribution in [0.5, 0.6) is 0 Å². The molecule has 2 rings (SSSR count). The van der Waals surface area contributed by atoms with Crippen molar-refractivity contribution >= 4 is 17.4 Å². The van der Waals surface area contributed by atoms with E-state index in [1.807, 2.05) is 12.1 Å². The molecular formula is C13H15N3O3. The fourth-order valence-electron chi connectivity index (χ4n) is 1.58. The molecule has 0 fully saturated rings. The van der Waals surface area contributed by atoms with Crippen LogP contribution in [0.3, 0.4) is 0 Å². The number of aliphatic carboxylic acids is 1. The van der Waals surface area contributed by atoms with Gasteiger partial charge in [-0.1, -0.05) is 6.07 Å². The summed E-state index contributed by atoms with van der Waals surface area (Å²) in [6, 6.07) is 5.41. The van der Waals surface area contributed by atoms with Crippen molar-refractivity contribution in [3.05, 3.63) is 36.2 Å². The summed E-state index contributed by atoms with van der Waals surface area (Å²) >= 11 is 0. The minimum Gasteiger partial charge on any atom is -0.481 e. The topological polar surface area (TPSA) is 83.7 Å². The van der Waals surface area contributed by atoms with Gasteiger partial charge in [-0.05, 0) is 26.0 Å². The maximum Gasteiger partial charge on any atom is 0.310 e. The number of amides is 1. The average molecular weight is 261 g/mol. The highest BCUT2D eigenvalue weighted by atomic mass is 16.4. The van der Waals surface area contributed by atoms with Gasteiger partial charge in [0.2, 0.25) is 0 Å². The number of carboxylic acid groups (broad SMARTS) is 1. The quantitative estimate of drug-likeness (QED) is 0.865. The van der Waals surface area contributed by atoms with Crippen molar-refractivity contribution < 1.29 is 14.7 Å². The van der Waals surface area contributed by atoms with Gasteiger partial charge in [0.25, 0.3) is 5.91 Å². The van der Waals surface area contributed by atoms with Gasteiger partial charge in [-0.2, -0.15) is 5.10 Å². The Labute approximate surface area is 110 Å². The van der Waals surface area contributed by atoms with Crippen LogP contribution >= 0.6 is 0 Å². The third-order valence-corrected chi connectivity index (χ3v) is 2.94. The van der Waals surface area contributed by atoms with Crippen molar-refractivity contribution in [3.8, 4) is 0 Å². The minimum atomic E-state index is -1.00. The molecule has 6 heteroatoms. The fourth-order valence-corrected chi connectivity index (χ4v) is 1.58. The SMILES string of the molecule is CC(C)(CNC(=O)c1cnn2ccccc12)C(=O)O. The zero-order valence-corrected chi connectivity index (χ0v) is 10.8. The Kier molecular flexibility index (Phi) is 3.25. The molecule has 0 unspecified atom stereocenters. The standard InChI is InChI=1S/C13H15N3O3/c1-13(2,12(18)19)8-14-11(17)9-7-15-16-6-4-3-5-10(9)16/h3-7H,8H2,1-2H3,(H,14,17)(H,18,19). The molecular weight excluding hydrogens is 246 g/mol. The first-order valence-corrected chi connectivity index (χ1v) is 5.86. The van der Waals surface area contributed by atoms with E-state index in [9.17, 15) is 9.59 Å². The first kappa shape index (κ1) is 13.1. The van der Waals surface area contributed by atoms with Crippen molar-refractivity contribution in [2.45, 2.75) is 13.8 Å². The molecule has 0 spiro atoms. The lowest BCUT2D eigenvalue weighted by Crippen LogP contribution is -2.38. The van der Waals surface area contributed by atoms with Gasteiger partial charge in [0, 0.05) is 12.7 Å². The van der Waals surface area contributed by atoms with E-state index in [1.165, 1.54) is 6.20 Å². The molecule has 0 aliphatic carbocycles. The number of carbonyl (C=O) groups excluding carboxylic acids is 1. The van der Waals surface area contributed by atoms with E-state index in [0.717, 1.165) is 0 Å². The number of hydrogen-bond acceptors (Lipinski definition) is 3. The maximum atomic E-state index is 12.0. The largest absolute Gasteiger partial charge is 0.481 e. The number of pyridine rings is 1. The molecule has 1 amide bonds. The molecule has 19 heavy (non-hydrogen) atoms. The number of carbonyl (C=O) groups is 2. The number of nitrogens with one attached hydrogen (secondary N) is 1. The van der Waals surface area contributed by atoms with Gasteiger partial charge >= 0.3 is 5.97 Å². The lowest BCUT2D eigenvalue weighted by atomic mass is 9.94. The Morgan fingerprint density at radius 2 is 2.16 bits per heavy atom. The normalized spacial score (nSPS) is 11.5. The van der Waals surface area contributed by atoms with Crippen LogP contribution in [0.2, 0.25) is 0 Å². The summed E-state index contributed by atoms with van der Waals surface area (Å²) in [5.74, 6) is -1.27. The van der Waals surface area contributed by atoms with Gasteiger partial charge < -0.3 is 10.4 Å². The summed E-state index contributed by atoms with van der Waals surface area (Å²) in [5, 5.41) is 15.7. The number of aromatic nitrogens is 2. The molecule has 2 N–H and O–H groups in total. The predicted molar refractivity (Wildman–Crippen MR) is 68.9 cm³/mol. The zero-order chi connectivity index (χ0) is 14.0. The second-order valence-corrected chi connectivity index (χ2v) is 4.96. The first-order valence-electron chi connectivity index (χ1n) is 5.86. The number of nitrogens with zero attached hydrogens (tertiary/aromatic N) is 2. The molecule has 2 heterocycles. The lowest BCUT2D eigenvalue weighted by Gasteiger charge is -2.19. The Morgan fingerprint density at radius 1 is 1.42 bits per heavy atom. The molecule has 6 nitrogen and oxygen atoms in total. The van der Waals surface area contributed by atoms with Gasteiger partial charge in [0.05, 0.1) is 22.7 Å². The molecule has 0 saturated carbocycles. The summed E-state index contributed by atoms with van der Waals surface area (Å²) < 4.78 is 1.59. The fraction of sp³-hybridized carbons (Fsp3) is 0.308. The van der Waals surface area contributed by atoms with Crippen LogP contribution in [0.25, 0.3) is 5.52 Å². The molecule has 2 aromatic heterocycles. The second kappa shape index (κ2) is 4.72. The van der Waals surface area contributed by atoms with Crippen molar-refractivity contribution in [3.63, 3.8) is 0 Å². The van der Waals surface area contributed by atoms with Gasteiger partial charge in [-0.15, -0.1) is 0 Å². The number of hydrogen-bond donors (Lipinski definition) is 2. The first-order chi connectivity index (χ1) is 8.92. The molecule has 0 aromatic carbocycles. The number of carboxylic acids is 1. The van der Waals surface area contributed by atoms with E-state index in [4.69, 9.17) is 5.11 Å². The van der Waals surface area contributed by atoms with Crippen LogP contribution in [0.4, 0.5) is 0 Å². The summed E-state index contributed by atoms with van der Waals surface area (Å²) in [6.07, 6.45) is 3.21. The smallest absolute Gasteiger partial charge is 0.310 e. The average Bonchev–Trinajstić information content (AvgIpc) is 2.79. The molecule has 0 aliphatic heterocycles. The minimum absolute atomic E-state index is 0.0609. The highest BCUT2D eigenvalue weighted by Crippen LogP contribution is 2.14. The van der Waals surface area contributed by atoms with Crippen LogP contribution in [0, 0.1) is 5.41 Å². The maximum absolute atomic E-state index is 12.0. The van der Waals surface area contributed by atoms with Gasteiger partial charge in [-0.25, -0.2) is 4.52 Å². The van der Waals surface area contributed by atoms with Crippen LogP contribution in [0.15, 0.2) is 30.6 Å². The Bertz CT molecular complexity index is 631. The van der Waals surface area contributed by atoms with Crippen LogP contribution in [-0.4, -0.2) is 33.1 Å². The number of rotatable bonds is 4. The summed E-state index contributed by atoms with van der Waals surface area (Å²) in [4.78, 5) is 23.0. The van der Waals surface area contributed by atoms with Crippen LogP contribution < -0.4 is 5.32 Å². The summed E-state index contributed by atoms with van der Waals surface area (Å²) in [6.45, 7) is 3.18. The van der Waals surface area contributed by atoms with Crippen LogP contribution in [-0.2, 0) is 4.79 Å². The van der Waals surface area contributed by atoms with Crippen LogP contribution in [0.1, 0.15) is 24.2 Å². The number of fused-ring (bicyclic) bond motifs is 1. The Balaban J connectivity index is 2.15. The van der Waals surface area contributed by atoms with Crippen molar-refractivity contribution in [1.82, 2.24) is 14.9 Å². The summed E-state index contributed by atoms with van der Waals surface area (Å²) in [7, 11) is 0. The van der Waals surface area contributed by atoms with Crippen molar-refractivity contribution in [1.29, 1.82) is 0 Å². The lowest BCUT2D eigenvalue weighted by molar-refractivity contribution is -0.146. The van der Waals surface area contributed by atoms with Gasteiger partial charge in [-0.3, -0.25) is 9.59 Å². The predicted octanol–water partition coefficient (Wildman–Crippen LogP) is 1.17. The van der Waals surface area contributed by atoms with Crippen molar-refractivity contribution in [2.75, 3.05) is 6.54 Å². The Hall–Kier alpha value is -2.37. The third-order valence-electron chi connectivity index (χ3n) is 2.94. The highest BCUT2D eigenvalue weighted by molar-refractivity contribution is 6.00. The molecule has 100 valence electrons. The molecule has 2 aromatic rings. The second-order valence-electron chi connectivity index (χ2n) is 4.96. The van der Waals surface area contributed by atoms with Crippen molar-refractivity contribution in [2.24, 2.45) is 5.41 Å². The van der Waals surface area contributed by atoms with E-state index >= 15 is 0 Å². The van der Waals surface area contributed by atoms with Gasteiger partial charge in [0.1, 0.15) is 0 Å². The summed E-state index contributed by atoms with van der Waals surface area (Å²) in [5.41, 5.74) is 0.119. The van der Waals surface area contributed by atoms with E-state index in [-0.39, 0.29) is 12.5 Å². The monoisotopic (exact) mass is 261 g/mol. The highest BCUT2D eigenvalue weighted by Gasteiger charge is 2.28. The molecule has 0 aliphatic rings. The molecule has 0 radical (unpaired) electrons. The molecule has 0 saturated heterocycles. The third kappa shape index (κ3) is 2.57. The zero-order valence-electron chi connectivity index (χ0n) is 10.8. The van der Waals surface area contributed by atoms with E-state index < -0.39 is 11.4 Å². The Morgan fingerprint density at radius 3 is 2.84 bits per heavy atom. The van der Waals surface area contributed by atoms with E-state index in [1.54, 1.807) is 30.6 Å².